The quantitative estimate of drug-likeness (QED) is 0.480. The molecule has 10 heteroatoms. The molecule has 1 fully saturated rings. The van der Waals surface area contributed by atoms with Gasteiger partial charge >= 0.3 is 12.1 Å². The molecule has 0 aromatic heterocycles. The number of anilines is 1. The van der Waals surface area contributed by atoms with Gasteiger partial charge in [-0.15, -0.1) is 0 Å². The summed E-state index contributed by atoms with van der Waals surface area (Å²) in [6.45, 7) is -0.255. The summed E-state index contributed by atoms with van der Waals surface area (Å²) in [4.78, 5) is 25.0. The van der Waals surface area contributed by atoms with Gasteiger partial charge in [-0.1, -0.05) is 18.2 Å². The molecule has 1 unspecified atom stereocenters. The van der Waals surface area contributed by atoms with Crippen molar-refractivity contribution in [2.24, 2.45) is 0 Å². The molecule has 1 amide bonds. The van der Waals surface area contributed by atoms with Gasteiger partial charge in [-0.2, -0.15) is 0 Å². The van der Waals surface area contributed by atoms with Crippen LogP contribution in [0.25, 0.3) is 0 Å². The SMILES string of the molecule is COc1ccc(S(=O)(=O)C(CCOC(=O)N(C)c2ccccc2)CC(=O)O)cc1OC1CCCC1. The molecule has 1 atom stereocenters. The van der Waals surface area contributed by atoms with Crippen molar-refractivity contribution < 1.29 is 37.3 Å². The monoisotopic (exact) mass is 505 g/mol. The van der Waals surface area contributed by atoms with Crippen molar-refractivity contribution in [1.82, 2.24) is 0 Å². The number of nitrogens with zero attached hydrogens (tertiary/aromatic N) is 1. The van der Waals surface area contributed by atoms with E-state index in [1.54, 1.807) is 24.3 Å². The minimum absolute atomic E-state index is 0.0160. The van der Waals surface area contributed by atoms with Gasteiger partial charge in [0.2, 0.25) is 0 Å². The third-order valence-corrected chi connectivity index (χ3v) is 8.17. The molecule has 0 bridgehead atoms. The average Bonchev–Trinajstić information content (AvgIpc) is 3.36. The second-order valence-electron chi connectivity index (χ2n) is 8.40. The van der Waals surface area contributed by atoms with Gasteiger partial charge in [0.1, 0.15) is 0 Å². The molecule has 1 N–H and O–H groups in total. The summed E-state index contributed by atoms with van der Waals surface area (Å²) in [5.74, 6) is -0.545. The second-order valence-corrected chi connectivity index (χ2v) is 10.6. The fourth-order valence-electron chi connectivity index (χ4n) is 4.00. The maximum atomic E-state index is 13.4. The number of carboxylic acid groups (broad SMARTS) is 1. The van der Waals surface area contributed by atoms with Crippen molar-refractivity contribution in [2.75, 3.05) is 25.7 Å². The standard InChI is InChI=1S/C25H31NO8S/c1-26(18-8-4-3-5-9-18)25(29)33-15-14-21(17-24(27)28)35(30,31)20-12-13-22(32-2)23(16-20)34-19-10-6-7-11-19/h3-5,8-9,12-13,16,19,21H,6-7,10-11,14-15,17H2,1-2H3,(H,27,28). The van der Waals surface area contributed by atoms with Gasteiger partial charge < -0.3 is 19.3 Å². The second kappa shape index (κ2) is 11.9. The van der Waals surface area contributed by atoms with Gasteiger partial charge in [-0.3, -0.25) is 9.69 Å². The van der Waals surface area contributed by atoms with Crippen molar-refractivity contribution in [1.29, 1.82) is 0 Å². The van der Waals surface area contributed by atoms with Crippen molar-refractivity contribution in [3.8, 4) is 11.5 Å². The maximum Gasteiger partial charge on any atom is 0.414 e. The van der Waals surface area contributed by atoms with Crippen molar-refractivity contribution in [3.05, 3.63) is 48.5 Å². The van der Waals surface area contributed by atoms with E-state index < -0.39 is 33.6 Å². The van der Waals surface area contributed by atoms with Crippen molar-refractivity contribution in [2.45, 2.75) is 54.8 Å². The predicted molar refractivity (Wildman–Crippen MR) is 130 cm³/mol. The molecule has 2 aromatic rings. The normalized spacial score (nSPS) is 14.8. The van der Waals surface area contributed by atoms with Gasteiger partial charge in [0.05, 0.1) is 36.4 Å². The van der Waals surface area contributed by atoms with Crippen LogP contribution in [0, 0.1) is 0 Å². The van der Waals surface area contributed by atoms with Crippen LogP contribution in [0.2, 0.25) is 0 Å². The van der Waals surface area contributed by atoms with Crippen LogP contribution >= 0.6 is 0 Å². The van der Waals surface area contributed by atoms with Crippen molar-refractivity contribution >= 4 is 27.6 Å². The minimum atomic E-state index is -4.07. The predicted octanol–water partition coefficient (Wildman–Crippen LogP) is 4.30. The van der Waals surface area contributed by atoms with E-state index in [1.165, 1.54) is 37.3 Å². The fraction of sp³-hybridized carbons (Fsp3) is 0.440. The first-order valence-corrected chi connectivity index (χ1v) is 13.0. The molecule has 1 saturated carbocycles. The molecular weight excluding hydrogens is 474 g/mol. The first kappa shape index (κ1) is 26.3. The number of carboxylic acids is 1. The van der Waals surface area contributed by atoms with E-state index in [0.29, 0.717) is 17.2 Å². The van der Waals surface area contributed by atoms with Gasteiger partial charge in [-0.25, -0.2) is 13.2 Å². The van der Waals surface area contributed by atoms with E-state index >= 15 is 0 Å². The smallest absolute Gasteiger partial charge is 0.414 e. The molecular formula is C25H31NO8S. The van der Waals surface area contributed by atoms with Crippen LogP contribution in [-0.4, -0.2) is 57.7 Å². The summed E-state index contributed by atoms with van der Waals surface area (Å²) in [6.07, 6.45) is 2.37. The van der Waals surface area contributed by atoms with E-state index in [2.05, 4.69) is 0 Å². The molecule has 0 aliphatic heterocycles. The molecule has 35 heavy (non-hydrogen) atoms. The van der Waals surface area contributed by atoms with Crippen molar-refractivity contribution in [3.63, 3.8) is 0 Å². The number of para-hydroxylation sites is 1. The molecule has 9 nitrogen and oxygen atoms in total. The number of sulfone groups is 1. The Balaban J connectivity index is 1.73. The number of carbonyl (C=O) groups excluding carboxylic acids is 1. The van der Waals surface area contributed by atoms with Gasteiger partial charge in [0.15, 0.2) is 21.3 Å². The van der Waals surface area contributed by atoms with E-state index in [4.69, 9.17) is 14.2 Å². The number of rotatable bonds is 11. The van der Waals surface area contributed by atoms with Gasteiger partial charge in [0, 0.05) is 18.8 Å². The fourth-order valence-corrected chi connectivity index (χ4v) is 5.68. The summed E-state index contributed by atoms with van der Waals surface area (Å²) in [7, 11) is -1.06. The Bertz CT molecular complexity index is 1110. The Morgan fingerprint density at radius 2 is 1.77 bits per heavy atom. The number of carbonyl (C=O) groups is 2. The average molecular weight is 506 g/mol. The molecule has 1 aliphatic rings. The van der Waals surface area contributed by atoms with Crippen LogP contribution < -0.4 is 14.4 Å². The third-order valence-electron chi connectivity index (χ3n) is 5.98. The molecule has 0 spiro atoms. The summed E-state index contributed by atoms with van der Waals surface area (Å²) >= 11 is 0. The number of hydrogen-bond donors (Lipinski definition) is 1. The Morgan fingerprint density at radius 3 is 2.40 bits per heavy atom. The Morgan fingerprint density at radius 1 is 1.09 bits per heavy atom. The first-order chi connectivity index (χ1) is 16.7. The third kappa shape index (κ3) is 6.88. The van der Waals surface area contributed by atoms with Crippen LogP contribution in [0.15, 0.2) is 53.4 Å². The number of ether oxygens (including phenoxy) is 3. The highest BCUT2D eigenvalue weighted by atomic mass is 32.2. The van der Waals surface area contributed by atoms with Crippen LogP contribution in [0.1, 0.15) is 38.5 Å². The summed E-state index contributed by atoms with van der Waals surface area (Å²) in [6, 6.07) is 13.1. The lowest BCUT2D eigenvalue weighted by Crippen LogP contribution is -2.30. The lowest BCUT2D eigenvalue weighted by Gasteiger charge is -2.20. The first-order valence-electron chi connectivity index (χ1n) is 11.5. The van der Waals surface area contributed by atoms with E-state index in [9.17, 15) is 23.1 Å². The van der Waals surface area contributed by atoms with Crippen LogP contribution in [-0.2, 0) is 19.4 Å². The molecule has 3 rings (SSSR count). The number of amides is 1. The van der Waals surface area contributed by atoms with E-state index in [0.717, 1.165) is 25.7 Å². The summed E-state index contributed by atoms with van der Waals surface area (Å²) in [5, 5.41) is 8.05. The largest absolute Gasteiger partial charge is 0.493 e. The molecule has 0 radical (unpaired) electrons. The number of methoxy groups -OCH3 is 1. The van der Waals surface area contributed by atoms with Gasteiger partial charge in [-0.05, 0) is 56.4 Å². The molecule has 0 saturated heterocycles. The summed E-state index contributed by atoms with van der Waals surface area (Å²) in [5.41, 5.74) is 0.611. The maximum absolute atomic E-state index is 13.4. The highest BCUT2D eigenvalue weighted by Crippen LogP contribution is 2.35. The zero-order chi connectivity index (χ0) is 25.4. The zero-order valence-corrected chi connectivity index (χ0v) is 20.7. The van der Waals surface area contributed by atoms with E-state index in [1.807, 2.05) is 6.07 Å². The lowest BCUT2D eigenvalue weighted by atomic mass is 10.2. The lowest BCUT2D eigenvalue weighted by molar-refractivity contribution is -0.137. The molecule has 0 heterocycles. The highest BCUT2D eigenvalue weighted by Gasteiger charge is 2.31. The number of aliphatic carboxylic acids is 1. The Hall–Kier alpha value is -3.27. The zero-order valence-electron chi connectivity index (χ0n) is 19.9. The van der Waals surface area contributed by atoms with E-state index in [-0.39, 0.29) is 24.0 Å². The number of hydrogen-bond acceptors (Lipinski definition) is 7. The Kier molecular flexibility index (Phi) is 8.97. The molecule has 190 valence electrons. The van der Waals surface area contributed by atoms with Gasteiger partial charge in [0.25, 0.3) is 0 Å². The van der Waals surface area contributed by atoms with Crippen LogP contribution in [0.4, 0.5) is 10.5 Å². The van der Waals surface area contributed by atoms with Crippen LogP contribution in [0.3, 0.4) is 0 Å². The topological polar surface area (TPSA) is 119 Å². The summed E-state index contributed by atoms with van der Waals surface area (Å²) < 4.78 is 43.3. The number of benzene rings is 2. The Labute approximate surface area is 205 Å². The minimum Gasteiger partial charge on any atom is -0.493 e. The van der Waals surface area contributed by atoms with Crippen LogP contribution in [0.5, 0.6) is 11.5 Å². The molecule has 2 aromatic carbocycles. The highest BCUT2D eigenvalue weighted by molar-refractivity contribution is 7.92. The molecule has 1 aliphatic carbocycles.